The number of hydrogen-bond acceptors (Lipinski definition) is 4. The Morgan fingerprint density at radius 3 is 2.57 bits per heavy atom. The molecule has 4 aromatic rings. The third kappa shape index (κ3) is 4.32. The van der Waals surface area contributed by atoms with E-state index in [-0.39, 0.29) is 11.0 Å². The number of para-hydroxylation sites is 1. The molecule has 0 atom stereocenters. The molecule has 1 amide bonds. The first kappa shape index (κ1) is 20.8. The van der Waals surface area contributed by atoms with Crippen LogP contribution in [0.2, 0.25) is 10.0 Å². The first-order valence-electron chi connectivity index (χ1n) is 8.95. The van der Waals surface area contributed by atoms with Gasteiger partial charge in [0, 0.05) is 16.1 Å². The average Bonchev–Trinajstić information content (AvgIpc) is 3.14. The summed E-state index contributed by atoms with van der Waals surface area (Å²) in [5.41, 5.74) is 3.54. The highest BCUT2D eigenvalue weighted by Crippen LogP contribution is 2.40. The topological polar surface area (TPSA) is 54.0 Å². The van der Waals surface area contributed by atoms with Crippen molar-refractivity contribution >= 4 is 73.7 Å². The third-order valence-corrected chi connectivity index (χ3v) is 6.22. The van der Waals surface area contributed by atoms with Gasteiger partial charge in [0.2, 0.25) is 0 Å². The molecule has 0 aliphatic carbocycles. The molecule has 0 spiro atoms. The standard InChI is InChI=1S/C22H15Cl2N3OS2/c1-12-6-2-3-7-14(12)20(28)27-22(29)26-19-15(10-13(23)11-16(19)24)21-25-17-8-4-5-9-18(17)30-21/h2-11H,1H3,(H2,26,27,28,29). The van der Waals surface area contributed by atoms with Crippen molar-refractivity contribution in [3.63, 3.8) is 0 Å². The van der Waals surface area contributed by atoms with Crippen molar-refractivity contribution < 1.29 is 4.79 Å². The van der Waals surface area contributed by atoms with E-state index < -0.39 is 0 Å². The number of benzene rings is 3. The van der Waals surface area contributed by atoms with E-state index >= 15 is 0 Å². The van der Waals surface area contributed by atoms with Gasteiger partial charge >= 0.3 is 0 Å². The van der Waals surface area contributed by atoms with E-state index in [0.717, 1.165) is 20.8 Å². The van der Waals surface area contributed by atoms with Crippen molar-refractivity contribution in [2.24, 2.45) is 0 Å². The fourth-order valence-electron chi connectivity index (χ4n) is 3.00. The lowest BCUT2D eigenvalue weighted by Crippen LogP contribution is -2.34. The van der Waals surface area contributed by atoms with Gasteiger partial charge in [0.05, 0.1) is 20.9 Å². The van der Waals surface area contributed by atoms with Gasteiger partial charge in [-0.05, 0) is 55.0 Å². The van der Waals surface area contributed by atoms with Gasteiger partial charge in [0.15, 0.2) is 5.11 Å². The second-order valence-electron chi connectivity index (χ2n) is 6.52. The number of nitrogens with one attached hydrogen (secondary N) is 2. The van der Waals surface area contributed by atoms with Crippen LogP contribution in [0.25, 0.3) is 20.8 Å². The molecule has 0 unspecified atom stereocenters. The van der Waals surface area contributed by atoms with Crippen LogP contribution >= 0.6 is 46.8 Å². The summed E-state index contributed by atoms with van der Waals surface area (Å²) in [4.78, 5) is 17.3. The Morgan fingerprint density at radius 2 is 1.80 bits per heavy atom. The van der Waals surface area contributed by atoms with Crippen LogP contribution in [0.3, 0.4) is 0 Å². The molecule has 0 radical (unpaired) electrons. The molecule has 0 aliphatic heterocycles. The van der Waals surface area contributed by atoms with Crippen LogP contribution in [0.5, 0.6) is 0 Å². The second kappa shape index (κ2) is 8.70. The Labute approximate surface area is 192 Å². The molecule has 1 aromatic heterocycles. The molecule has 0 fully saturated rings. The number of rotatable bonds is 3. The van der Waals surface area contributed by atoms with Crippen molar-refractivity contribution in [1.29, 1.82) is 0 Å². The summed E-state index contributed by atoms with van der Waals surface area (Å²) in [6.45, 7) is 1.87. The Morgan fingerprint density at radius 1 is 1.07 bits per heavy atom. The van der Waals surface area contributed by atoms with Crippen molar-refractivity contribution in [1.82, 2.24) is 10.3 Å². The minimum atomic E-state index is -0.294. The molecule has 4 nitrogen and oxygen atoms in total. The molecule has 3 aromatic carbocycles. The van der Waals surface area contributed by atoms with Crippen LogP contribution in [0.15, 0.2) is 60.7 Å². The fraction of sp³-hybridized carbons (Fsp3) is 0.0455. The van der Waals surface area contributed by atoms with Gasteiger partial charge in [0.1, 0.15) is 5.01 Å². The molecule has 2 N–H and O–H groups in total. The molecule has 0 aliphatic rings. The highest BCUT2D eigenvalue weighted by atomic mass is 35.5. The quantitative estimate of drug-likeness (QED) is 0.326. The number of aryl methyl sites for hydroxylation is 1. The van der Waals surface area contributed by atoms with Gasteiger partial charge < -0.3 is 5.32 Å². The maximum atomic E-state index is 12.6. The van der Waals surface area contributed by atoms with E-state index in [2.05, 4.69) is 15.6 Å². The summed E-state index contributed by atoms with van der Waals surface area (Å²) in [5.74, 6) is -0.294. The largest absolute Gasteiger partial charge is 0.331 e. The number of anilines is 1. The summed E-state index contributed by atoms with van der Waals surface area (Å²) in [6.07, 6.45) is 0. The molecular formula is C22H15Cl2N3OS2. The molecule has 30 heavy (non-hydrogen) atoms. The summed E-state index contributed by atoms with van der Waals surface area (Å²) < 4.78 is 1.05. The Kier molecular flexibility index (Phi) is 6.01. The lowest BCUT2D eigenvalue weighted by molar-refractivity contribution is 0.0977. The predicted octanol–water partition coefficient (Wildman–Crippen LogP) is 6.71. The summed E-state index contributed by atoms with van der Waals surface area (Å²) in [7, 11) is 0. The predicted molar refractivity (Wildman–Crippen MR) is 130 cm³/mol. The molecular weight excluding hydrogens is 457 g/mol. The van der Waals surface area contributed by atoms with E-state index in [1.54, 1.807) is 24.3 Å². The number of amides is 1. The number of carbonyl (C=O) groups is 1. The van der Waals surface area contributed by atoms with Crippen molar-refractivity contribution in [2.75, 3.05) is 5.32 Å². The molecule has 150 valence electrons. The zero-order chi connectivity index (χ0) is 21.3. The monoisotopic (exact) mass is 471 g/mol. The molecule has 0 bridgehead atoms. The Balaban J connectivity index is 1.65. The van der Waals surface area contributed by atoms with Crippen LogP contribution in [0.4, 0.5) is 5.69 Å². The number of halogens is 2. The zero-order valence-electron chi connectivity index (χ0n) is 15.7. The minimum Gasteiger partial charge on any atom is -0.331 e. The molecule has 0 saturated carbocycles. The smallest absolute Gasteiger partial charge is 0.257 e. The van der Waals surface area contributed by atoms with E-state index in [4.69, 9.17) is 35.4 Å². The number of nitrogens with zero attached hydrogens (tertiary/aromatic N) is 1. The molecule has 8 heteroatoms. The van der Waals surface area contributed by atoms with Gasteiger partial charge in [-0.2, -0.15) is 0 Å². The van der Waals surface area contributed by atoms with E-state index in [1.165, 1.54) is 11.3 Å². The second-order valence-corrected chi connectivity index (χ2v) is 8.80. The normalized spacial score (nSPS) is 10.8. The van der Waals surface area contributed by atoms with E-state index in [1.807, 2.05) is 43.3 Å². The van der Waals surface area contributed by atoms with Crippen LogP contribution in [-0.4, -0.2) is 16.0 Å². The summed E-state index contributed by atoms with van der Waals surface area (Å²) in [6, 6.07) is 18.5. The highest BCUT2D eigenvalue weighted by molar-refractivity contribution is 7.80. The fourth-order valence-corrected chi connectivity index (χ4v) is 4.72. The Bertz CT molecular complexity index is 1250. The first-order valence-corrected chi connectivity index (χ1v) is 10.9. The number of hydrogen-bond donors (Lipinski definition) is 2. The van der Waals surface area contributed by atoms with Gasteiger partial charge in [-0.25, -0.2) is 4.98 Å². The summed E-state index contributed by atoms with van der Waals surface area (Å²) >= 11 is 19.6. The average molecular weight is 472 g/mol. The number of carbonyl (C=O) groups excluding carboxylic acids is 1. The lowest BCUT2D eigenvalue weighted by Gasteiger charge is -2.15. The zero-order valence-corrected chi connectivity index (χ0v) is 18.8. The van der Waals surface area contributed by atoms with Crippen molar-refractivity contribution in [2.45, 2.75) is 6.92 Å². The van der Waals surface area contributed by atoms with Crippen LogP contribution in [0.1, 0.15) is 15.9 Å². The van der Waals surface area contributed by atoms with E-state index in [0.29, 0.717) is 26.9 Å². The van der Waals surface area contributed by atoms with E-state index in [9.17, 15) is 4.79 Å². The maximum Gasteiger partial charge on any atom is 0.257 e. The van der Waals surface area contributed by atoms with Crippen LogP contribution in [-0.2, 0) is 0 Å². The van der Waals surface area contributed by atoms with Crippen LogP contribution < -0.4 is 10.6 Å². The first-order chi connectivity index (χ1) is 14.4. The maximum absolute atomic E-state index is 12.6. The molecule has 1 heterocycles. The number of fused-ring (bicyclic) bond motifs is 1. The number of thiocarbonyl (C=S) groups is 1. The number of thiazole rings is 1. The molecule has 0 saturated heterocycles. The van der Waals surface area contributed by atoms with Gasteiger partial charge in [-0.1, -0.05) is 53.5 Å². The SMILES string of the molecule is Cc1ccccc1C(=O)NC(=S)Nc1c(Cl)cc(Cl)cc1-c1nc2ccccc2s1. The summed E-state index contributed by atoms with van der Waals surface area (Å²) in [5, 5.41) is 7.49. The van der Waals surface area contributed by atoms with Gasteiger partial charge in [-0.15, -0.1) is 11.3 Å². The van der Waals surface area contributed by atoms with Crippen molar-refractivity contribution in [3.05, 3.63) is 81.8 Å². The lowest BCUT2D eigenvalue weighted by atomic mass is 10.1. The Hall–Kier alpha value is -2.51. The van der Waals surface area contributed by atoms with Crippen LogP contribution in [0, 0.1) is 6.92 Å². The molecule has 4 rings (SSSR count). The third-order valence-electron chi connectivity index (χ3n) is 4.43. The highest BCUT2D eigenvalue weighted by Gasteiger charge is 2.17. The van der Waals surface area contributed by atoms with Gasteiger partial charge in [0.25, 0.3) is 5.91 Å². The number of aromatic nitrogens is 1. The minimum absolute atomic E-state index is 0.134. The van der Waals surface area contributed by atoms with Gasteiger partial charge in [-0.3, -0.25) is 10.1 Å². The van der Waals surface area contributed by atoms with Crippen molar-refractivity contribution in [3.8, 4) is 10.6 Å².